The topological polar surface area (TPSA) is 100 Å². The maximum absolute atomic E-state index is 12.7. The van der Waals surface area contributed by atoms with Gasteiger partial charge >= 0.3 is 0 Å². The first-order valence-corrected chi connectivity index (χ1v) is 11.1. The number of ether oxygens (including phenoxy) is 1. The molecule has 2 saturated heterocycles. The number of carbonyl (C=O) groups is 1. The first kappa shape index (κ1) is 22.7. The van der Waals surface area contributed by atoms with Gasteiger partial charge in [-0.15, -0.1) is 0 Å². The molecule has 2 heterocycles. The number of hydrogen-bond donors (Lipinski definition) is 3. The van der Waals surface area contributed by atoms with Crippen molar-refractivity contribution in [2.24, 2.45) is 10.9 Å². The van der Waals surface area contributed by atoms with E-state index in [1.54, 1.807) is 18.3 Å². The van der Waals surface area contributed by atoms with Gasteiger partial charge in [-0.2, -0.15) is 0 Å². The van der Waals surface area contributed by atoms with Crippen molar-refractivity contribution in [1.29, 1.82) is 0 Å². The van der Waals surface area contributed by atoms with Crippen molar-refractivity contribution >= 4 is 17.8 Å². The predicted molar refractivity (Wildman–Crippen MR) is 120 cm³/mol. The van der Waals surface area contributed by atoms with Crippen LogP contribution in [0.15, 0.2) is 23.2 Å². The number of nitrogens with one attached hydrogen (secondary N) is 1. The Kier molecular flexibility index (Phi) is 7.86. The van der Waals surface area contributed by atoms with E-state index in [9.17, 15) is 9.90 Å². The number of nitrogens with zero attached hydrogens (tertiary/aromatic N) is 2. The number of carbonyl (C=O) groups excluding carboxylic acids is 1. The van der Waals surface area contributed by atoms with Gasteiger partial charge in [0.2, 0.25) is 0 Å². The Labute approximate surface area is 179 Å². The second-order valence-electron chi connectivity index (χ2n) is 8.94. The molecule has 3 rings (SSSR count). The summed E-state index contributed by atoms with van der Waals surface area (Å²) in [7, 11) is 0. The highest BCUT2D eigenvalue weighted by Gasteiger charge is 2.33. The van der Waals surface area contributed by atoms with Gasteiger partial charge < -0.3 is 25.8 Å². The molecule has 0 aliphatic carbocycles. The molecule has 30 heavy (non-hydrogen) atoms. The Morgan fingerprint density at radius 1 is 1.37 bits per heavy atom. The van der Waals surface area contributed by atoms with Crippen LogP contribution in [0.4, 0.5) is 5.69 Å². The first-order valence-electron chi connectivity index (χ1n) is 11.1. The number of anilines is 1. The van der Waals surface area contributed by atoms with Gasteiger partial charge in [0.05, 0.1) is 16.9 Å². The Bertz CT molecular complexity index is 736. The number of hydrogen-bond acceptors (Lipinski definition) is 6. The summed E-state index contributed by atoms with van der Waals surface area (Å²) >= 11 is 0. The molecular formula is C23H36N4O3. The van der Waals surface area contributed by atoms with Crippen LogP contribution in [0.2, 0.25) is 0 Å². The summed E-state index contributed by atoms with van der Waals surface area (Å²) < 4.78 is 5.44. The lowest BCUT2D eigenvalue weighted by molar-refractivity contribution is -0.0272. The highest BCUT2D eigenvalue weighted by atomic mass is 16.5. The maximum atomic E-state index is 12.7. The largest absolute Gasteiger partial charge is 0.398 e. The van der Waals surface area contributed by atoms with E-state index in [0.29, 0.717) is 30.0 Å². The highest BCUT2D eigenvalue weighted by molar-refractivity contribution is 6.03. The number of benzene rings is 1. The fourth-order valence-electron chi connectivity index (χ4n) is 4.09. The van der Waals surface area contributed by atoms with Gasteiger partial charge in [-0.1, -0.05) is 12.1 Å². The lowest BCUT2D eigenvalue weighted by atomic mass is 9.90. The summed E-state index contributed by atoms with van der Waals surface area (Å²) in [5.74, 6) is 0.435. The molecule has 7 nitrogen and oxygen atoms in total. The van der Waals surface area contributed by atoms with Crippen LogP contribution in [0.25, 0.3) is 0 Å². The zero-order valence-electron chi connectivity index (χ0n) is 18.3. The van der Waals surface area contributed by atoms with Gasteiger partial charge in [0.1, 0.15) is 0 Å². The Hall–Kier alpha value is -1.96. The Balaban J connectivity index is 1.50. The molecule has 1 aromatic carbocycles. The molecule has 0 saturated carbocycles. The standard InChI is InChI=1S/C23H36N4O3/c1-17(2)25-14-19-4-3-5-20(21(19)24)22(28)26-16-23(29)8-10-27(11-9-23)15-18-6-12-30-13-7-18/h3-5,14,17-18,29H,6-13,15-16,24H2,1-2H3,(H,26,28). The molecule has 1 amide bonds. The molecule has 4 N–H and O–H groups in total. The predicted octanol–water partition coefficient (Wildman–Crippen LogP) is 2.08. The zero-order chi connectivity index (χ0) is 21.6. The lowest BCUT2D eigenvalue weighted by Crippen LogP contribution is -2.51. The van der Waals surface area contributed by atoms with Crippen LogP contribution in [0, 0.1) is 5.92 Å². The summed E-state index contributed by atoms with van der Waals surface area (Å²) in [6, 6.07) is 5.52. The van der Waals surface area contributed by atoms with E-state index in [1.807, 2.05) is 19.9 Å². The van der Waals surface area contributed by atoms with Gasteiger partial charge in [-0.3, -0.25) is 9.79 Å². The minimum Gasteiger partial charge on any atom is -0.398 e. The van der Waals surface area contributed by atoms with E-state index >= 15 is 0 Å². The number of likely N-dealkylation sites (tertiary alicyclic amines) is 1. The number of amides is 1. The molecule has 0 spiro atoms. The van der Waals surface area contributed by atoms with Crippen molar-refractivity contribution in [3.05, 3.63) is 29.3 Å². The van der Waals surface area contributed by atoms with Crippen molar-refractivity contribution < 1.29 is 14.6 Å². The molecule has 2 aliphatic heterocycles. The number of aliphatic hydroxyl groups is 1. The first-order chi connectivity index (χ1) is 14.4. The Morgan fingerprint density at radius 3 is 2.73 bits per heavy atom. The second kappa shape index (κ2) is 10.4. The molecule has 1 aromatic rings. The number of nitrogen functional groups attached to an aromatic ring is 1. The summed E-state index contributed by atoms with van der Waals surface area (Å²) in [6.45, 7) is 8.72. The highest BCUT2D eigenvalue weighted by Crippen LogP contribution is 2.25. The van der Waals surface area contributed by atoms with Crippen LogP contribution in [-0.4, -0.2) is 73.2 Å². The number of rotatable bonds is 7. The quantitative estimate of drug-likeness (QED) is 0.467. The van der Waals surface area contributed by atoms with Crippen LogP contribution in [0.3, 0.4) is 0 Å². The molecular weight excluding hydrogens is 380 g/mol. The SMILES string of the molecule is CC(C)N=Cc1cccc(C(=O)NCC2(O)CCN(CC3CCOCC3)CC2)c1N. The summed E-state index contributed by atoms with van der Waals surface area (Å²) in [5.41, 5.74) is 6.89. The van der Waals surface area contributed by atoms with E-state index in [4.69, 9.17) is 10.5 Å². The molecule has 0 unspecified atom stereocenters. The van der Waals surface area contributed by atoms with E-state index < -0.39 is 5.60 Å². The van der Waals surface area contributed by atoms with E-state index in [2.05, 4.69) is 15.2 Å². The van der Waals surface area contributed by atoms with Crippen LogP contribution >= 0.6 is 0 Å². The molecule has 0 aromatic heterocycles. The summed E-state index contributed by atoms with van der Waals surface area (Å²) in [6.07, 6.45) is 5.27. The van der Waals surface area contributed by atoms with Crippen molar-refractivity contribution in [2.45, 2.75) is 51.2 Å². The minimum absolute atomic E-state index is 0.161. The van der Waals surface area contributed by atoms with Gasteiger partial charge in [-0.25, -0.2) is 0 Å². The fourth-order valence-corrected chi connectivity index (χ4v) is 4.09. The van der Waals surface area contributed by atoms with Gasteiger partial charge in [-0.05, 0) is 51.5 Å². The molecule has 7 heteroatoms. The van der Waals surface area contributed by atoms with Crippen molar-refractivity contribution in [3.8, 4) is 0 Å². The van der Waals surface area contributed by atoms with Crippen LogP contribution in [0.5, 0.6) is 0 Å². The third-order valence-corrected chi connectivity index (χ3v) is 6.12. The monoisotopic (exact) mass is 416 g/mol. The van der Waals surface area contributed by atoms with Crippen LogP contribution < -0.4 is 11.1 Å². The van der Waals surface area contributed by atoms with Gasteiger partial charge in [0.25, 0.3) is 5.91 Å². The minimum atomic E-state index is -0.868. The third-order valence-electron chi connectivity index (χ3n) is 6.12. The third kappa shape index (κ3) is 6.27. The zero-order valence-corrected chi connectivity index (χ0v) is 18.3. The summed E-state index contributed by atoms with van der Waals surface area (Å²) in [5, 5.41) is 13.8. The van der Waals surface area contributed by atoms with E-state index in [-0.39, 0.29) is 18.5 Å². The number of para-hydroxylation sites is 1. The number of aliphatic imine (C=N–C) groups is 1. The lowest BCUT2D eigenvalue weighted by Gasteiger charge is -2.40. The number of piperidine rings is 1. The van der Waals surface area contributed by atoms with Crippen LogP contribution in [0.1, 0.15) is 55.5 Å². The average Bonchev–Trinajstić information content (AvgIpc) is 2.74. The molecule has 0 atom stereocenters. The van der Waals surface area contributed by atoms with Crippen LogP contribution in [-0.2, 0) is 4.74 Å². The van der Waals surface area contributed by atoms with Crippen molar-refractivity contribution in [1.82, 2.24) is 10.2 Å². The average molecular weight is 417 g/mol. The normalized spacial score (nSPS) is 20.7. The van der Waals surface area contributed by atoms with Crippen molar-refractivity contribution in [2.75, 3.05) is 45.1 Å². The molecule has 0 bridgehead atoms. The van der Waals surface area contributed by atoms with E-state index in [0.717, 1.165) is 51.3 Å². The van der Waals surface area contributed by atoms with Gasteiger partial charge in [0, 0.05) is 57.2 Å². The summed E-state index contributed by atoms with van der Waals surface area (Å²) in [4.78, 5) is 19.5. The smallest absolute Gasteiger partial charge is 0.253 e. The second-order valence-corrected chi connectivity index (χ2v) is 8.94. The molecule has 0 radical (unpaired) electrons. The Morgan fingerprint density at radius 2 is 2.07 bits per heavy atom. The fraction of sp³-hybridized carbons (Fsp3) is 0.652. The van der Waals surface area contributed by atoms with Gasteiger partial charge in [0.15, 0.2) is 0 Å². The maximum Gasteiger partial charge on any atom is 0.253 e. The molecule has 2 fully saturated rings. The number of nitrogens with two attached hydrogens (primary N) is 1. The molecule has 166 valence electrons. The van der Waals surface area contributed by atoms with Crippen molar-refractivity contribution in [3.63, 3.8) is 0 Å². The van der Waals surface area contributed by atoms with E-state index in [1.165, 1.54) is 0 Å². The molecule has 2 aliphatic rings.